The predicted molar refractivity (Wildman–Crippen MR) is 119 cm³/mol. The lowest BCUT2D eigenvalue weighted by Gasteiger charge is -2.25. The second-order valence-corrected chi connectivity index (χ2v) is 8.12. The average molecular weight is 424 g/mol. The van der Waals surface area contributed by atoms with E-state index >= 15 is 0 Å². The van der Waals surface area contributed by atoms with E-state index in [0.717, 1.165) is 12.1 Å². The van der Waals surface area contributed by atoms with Gasteiger partial charge >= 0.3 is 0 Å². The van der Waals surface area contributed by atoms with Crippen molar-refractivity contribution in [3.05, 3.63) is 65.5 Å². The van der Waals surface area contributed by atoms with Gasteiger partial charge in [-0.1, -0.05) is 12.1 Å². The van der Waals surface area contributed by atoms with E-state index in [-0.39, 0.29) is 17.4 Å². The molecule has 164 valence electrons. The molecule has 1 unspecified atom stereocenters. The van der Waals surface area contributed by atoms with E-state index in [4.69, 9.17) is 4.74 Å². The van der Waals surface area contributed by atoms with Crippen LogP contribution in [-0.2, 0) is 9.59 Å². The first-order valence-corrected chi connectivity index (χ1v) is 10.4. The van der Waals surface area contributed by atoms with Gasteiger partial charge in [0.1, 0.15) is 11.5 Å². The SMILES string of the molecule is CC(C)Oc1cccc(/C(O)=C2/C(=O)C(=O)N(CCCN(C)C)C2c2ccncc2)c1. The van der Waals surface area contributed by atoms with Gasteiger partial charge in [0.15, 0.2) is 0 Å². The minimum Gasteiger partial charge on any atom is -0.507 e. The minimum absolute atomic E-state index is 0.0310. The molecule has 7 heteroatoms. The number of aliphatic hydroxyl groups excluding tert-OH is 1. The fourth-order valence-corrected chi connectivity index (χ4v) is 3.70. The highest BCUT2D eigenvalue weighted by Gasteiger charge is 2.45. The van der Waals surface area contributed by atoms with Crippen LogP contribution in [0.1, 0.15) is 37.4 Å². The summed E-state index contributed by atoms with van der Waals surface area (Å²) in [5.74, 6) is -0.903. The van der Waals surface area contributed by atoms with Gasteiger partial charge < -0.3 is 19.6 Å². The van der Waals surface area contributed by atoms with Crippen LogP contribution >= 0.6 is 0 Å². The number of carbonyl (C=O) groups is 2. The van der Waals surface area contributed by atoms with Crippen molar-refractivity contribution in [3.8, 4) is 5.75 Å². The highest BCUT2D eigenvalue weighted by atomic mass is 16.5. The van der Waals surface area contributed by atoms with Crippen molar-refractivity contribution >= 4 is 17.4 Å². The van der Waals surface area contributed by atoms with Crippen LogP contribution in [-0.4, -0.2) is 64.9 Å². The Morgan fingerprint density at radius 2 is 1.90 bits per heavy atom. The Morgan fingerprint density at radius 3 is 2.55 bits per heavy atom. The second kappa shape index (κ2) is 9.75. The van der Waals surface area contributed by atoms with E-state index in [1.807, 2.05) is 32.8 Å². The number of likely N-dealkylation sites (tertiary alicyclic amines) is 1. The summed E-state index contributed by atoms with van der Waals surface area (Å²) in [6.07, 6.45) is 3.91. The van der Waals surface area contributed by atoms with E-state index in [1.54, 1.807) is 53.7 Å². The lowest BCUT2D eigenvalue weighted by atomic mass is 9.96. The lowest BCUT2D eigenvalue weighted by Crippen LogP contribution is -2.32. The smallest absolute Gasteiger partial charge is 0.295 e. The highest BCUT2D eigenvalue weighted by Crippen LogP contribution is 2.39. The number of Topliss-reactive ketones (excluding diaryl/α,β-unsaturated/α-hetero) is 1. The number of ketones is 1. The van der Waals surface area contributed by atoms with E-state index in [9.17, 15) is 14.7 Å². The molecule has 1 amide bonds. The summed E-state index contributed by atoms with van der Waals surface area (Å²) < 4.78 is 5.71. The predicted octanol–water partition coefficient (Wildman–Crippen LogP) is 3.24. The van der Waals surface area contributed by atoms with Gasteiger partial charge in [0.05, 0.1) is 17.7 Å². The monoisotopic (exact) mass is 423 g/mol. The van der Waals surface area contributed by atoms with Crippen LogP contribution < -0.4 is 4.74 Å². The maximum atomic E-state index is 13.0. The molecule has 1 aliphatic heterocycles. The van der Waals surface area contributed by atoms with Crippen LogP contribution in [0.5, 0.6) is 5.75 Å². The topological polar surface area (TPSA) is 83.0 Å². The van der Waals surface area contributed by atoms with Crippen LogP contribution in [0.15, 0.2) is 54.4 Å². The number of rotatable bonds is 8. The Bertz CT molecular complexity index is 970. The molecule has 1 fully saturated rings. The first kappa shape index (κ1) is 22.5. The van der Waals surface area contributed by atoms with Crippen LogP contribution in [0.25, 0.3) is 5.76 Å². The van der Waals surface area contributed by atoms with Crippen molar-refractivity contribution in [1.82, 2.24) is 14.8 Å². The fraction of sp³-hybridized carbons (Fsp3) is 0.375. The molecular formula is C24H29N3O4. The van der Waals surface area contributed by atoms with Crippen molar-refractivity contribution in [1.29, 1.82) is 0 Å². The molecule has 2 aromatic rings. The molecule has 1 aliphatic rings. The van der Waals surface area contributed by atoms with Crippen LogP contribution in [0.4, 0.5) is 0 Å². The third-order valence-corrected chi connectivity index (χ3v) is 5.05. The van der Waals surface area contributed by atoms with Gasteiger partial charge in [0, 0.05) is 24.5 Å². The second-order valence-electron chi connectivity index (χ2n) is 8.12. The Hall–Kier alpha value is -3.19. The number of hydrogen-bond donors (Lipinski definition) is 1. The zero-order chi connectivity index (χ0) is 22.5. The molecule has 0 bridgehead atoms. The normalized spacial score (nSPS) is 18.3. The number of aromatic nitrogens is 1. The number of benzene rings is 1. The fourth-order valence-electron chi connectivity index (χ4n) is 3.70. The molecule has 1 aromatic heterocycles. The van der Waals surface area contributed by atoms with Gasteiger partial charge in [0.25, 0.3) is 11.7 Å². The van der Waals surface area contributed by atoms with E-state index in [0.29, 0.717) is 24.3 Å². The van der Waals surface area contributed by atoms with Crippen molar-refractivity contribution in [2.24, 2.45) is 0 Å². The Morgan fingerprint density at radius 1 is 1.19 bits per heavy atom. The van der Waals surface area contributed by atoms with E-state index in [1.165, 1.54) is 0 Å². The number of hydrogen-bond acceptors (Lipinski definition) is 6. The molecule has 1 saturated heterocycles. The highest BCUT2D eigenvalue weighted by molar-refractivity contribution is 6.46. The number of aliphatic hydroxyl groups is 1. The maximum absolute atomic E-state index is 13.0. The van der Waals surface area contributed by atoms with Crippen molar-refractivity contribution in [3.63, 3.8) is 0 Å². The van der Waals surface area contributed by atoms with Crippen LogP contribution in [0, 0.1) is 0 Å². The molecule has 1 aromatic carbocycles. The first-order chi connectivity index (χ1) is 14.8. The van der Waals surface area contributed by atoms with E-state index in [2.05, 4.69) is 4.98 Å². The third-order valence-electron chi connectivity index (χ3n) is 5.05. The number of pyridine rings is 1. The Kier molecular flexibility index (Phi) is 7.07. The van der Waals surface area contributed by atoms with Gasteiger partial charge in [-0.3, -0.25) is 14.6 Å². The Labute approximate surface area is 183 Å². The average Bonchev–Trinajstić information content (AvgIpc) is 2.98. The van der Waals surface area contributed by atoms with Gasteiger partial charge in [-0.25, -0.2) is 0 Å². The molecule has 0 aliphatic carbocycles. The molecule has 0 spiro atoms. The summed E-state index contributed by atoms with van der Waals surface area (Å²) in [5.41, 5.74) is 1.25. The number of amides is 1. The number of ether oxygens (including phenoxy) is 1. The standard InChI is InChI=1S/C24H29N3O4/c1-16(2)31-19-8-5-7-18(15-19)22(28)20-21(17-9-11-25-12-10-17)27(24(30)23(20)29)14-6-13-26(3)4/h5,7-12,15-16,21,28H,6,13-14H2,1-4H3/b22-20-. The van der Waals surface area contributed by atoms with E-state index < -0.39 is 17.7 Å². The van der Waals surface area contributed by atoms with Gasteiger partial charge in [-0.05, 0) is 70.7 Å². The largest absolute Gasteiger partial charge is 0.507 e. The summed E-state index contributed by atoms with van der Waals surface area (Å²) in [7, 11) is 3.92. The molecule has 2 heterocycles. The zero-order valence-corrected chi connectivity index (χ0v) is 18.4. The van der Waals surface area contributed by atoms with Gasteiger partial charge in [-0.2, -0.15) is 0 Å². The Balaban J connectivity index is 2.05. The molecular weight excluding hydrogens is 394 g/mol. The van der Waals surface area contributed by atoms with Crippen LogP contribution in [0.2, 0.25) is 0 Å². The summed E-state index contributed by atoms with van der Waals surface area (Å²) in [4.78, 5) is 33.5. The molecule has 0 radical (unpaired) electrons. The molecule has 1 N–H and O–H groups in total. The number of carbonyl (C=O) groups excluding carboxylic acids is 2. The molecule has 0 saturated carbocycles. The van der Waals surface area contributed by atoms with Gasteiger partial charge in [0.2, 0.25) is 0 Å². The lowest BCUT2D eigenvalue weighted by molar-refractivity contribution is -0.139. The van der Waals surface area contributed by atoms with Gasteiger partial charge in [-0.15, -0.1) is 0 Å². The summed E-state index contributed by atoms with van der Waals surface area (Å²) in [6.45, 7) is 5.01. The minimum atomic E-state index is -0.681. The quantitative estimate of drug-likeness (QED) is 0.399. The van der Waals surface area contributed by atoms with Crippen molar-refractivity contribution in [2.45, 2.75) is 32.4 Å². The van der Waals surface area contributed by atoms with Crippen molar-refractivity contribution < 1.29 is 19.4 Å². The number of nitrogens with zero attached hydrogens (tertiary/aromatic N) is 3. The zero-order valence-electron chi connectivity index (χ0n) is 18.4. The molecule has 7 nitrogen and oxygen atoms in total. The molecule has 3 rings (SSSR count). The van der Waals surface area contributed by atoms with Crippen molar-refractivity contribution in [2.75, 3.05) is 27.2 Å². The summed E-state index contributed by atoms with van der Waals surface area (Å²) in [6, 6.07) is 9.78. The maximum Gasteiger partial charge on any atom is 0.295 e. The molecule has 1 atom stereocenters. The third kappa shape index (κ3) is 5.11. The van der Waals surface area contributed by atoms with Crippen LogP contribution in [0.3, 0.4) is 0 Å². The summed E-state index contributed by atoms with van der Waals surface area (Å²) >= 11 is 0. The molecule has 31 heavy (non-hydrogen) atoms. The first-order valence-electron chi connectivity index (χ1n) is 10.4. The summed E-state index contributed by atoms with van der Waals surface area (Å²) in [5, 5.41) is 11.1.